The Kier molecular flexibility index (Phi) is 5.05. The van der Waals surface area contributed by atoms with Crippen LogP contribution in [0.1, 0.15) is 42.9 Å². The maximum absolute atomic E-state index is 12.0. The molecule has 1 saturated heterocycles. The van der Waals surface area contributed by atoms with Gasteiger partial charge in [0.2, 0.25) is 0 Å². The van der Waals surface area contributed by atoms with Crippen molar-refractivity contribution < 1.29 is 0 Å². The molecule has 1 atom stereocenters. The van der Waals surface area contributed by atoms with Gasteiger partial charge >= 0.3 is 0 Å². The normalized spacial score (nSPS) is 18.5. The molecule has 0 radical (unpaired) electrons. The SMILES string of the molecule is Cc1nc(C)c(C(C)NCC2CCSCC2)c(=O)[nH]1. The van der Waals surface area contributed by atoms with Gasteiger partial charge in [0, 0.05) is 11.7 Å². The molecule has 0 aliphatic carbocycles. The molecule has 106 valence electrons. The zero-order chi connectivity index (χ0) is 13.8. The van der Waals surface area contributed by atoms with E-state index >= 15 is 0 Å². The summed E-state index contributed by atoms with van der Waals surface area (Å²) in [6, 6.07) is 0.0615. The summed E-state index contributed by atoms with van der Waals surface area (Å²) in [6.07, 6.45) is 2.57. The lowest BCUT2D eigenvalue weighted by atomic mass is 10.0. The first-order valence-electron chi connectivity index (χ1n) is 6.96. The highest BCUT2D eigenvalue weighted by Gasteiger charge is 2.18. The highest BCUT2D eigenvalue weighted by Crippen LogP contribution is 2.22. The third-order valence-electron chi connectivity index (χ3n) is 3.75. The van der Waals surface area contributed by atoms with Crippen molar-refractivity contribution in [1.29, 1.82) is 0 Å². The van der Waals surface area contributed by atoms with E-state index in [-0.39, 0.29) is 11.6 Å². The summed E-state index contributed by atoms with van der Waals surface area (Å²) in [6.45, 7) is 6.77. The smallest absolute Gasteiger partial charge is 0.255 e. The van der Waals surface area contributed by atoms with Crippen LogP contribution in [0.3, 0.4) is 0 Å². The Morgan fingerprint density at radius 2 is 2.11 bits per heavy atom. The van der Waals surface area contributed by atoms with Gasteiger partial charge in [0.25, 0.3) is 5.56 Å². The van der Waals surface area contributed by atoms with E-state index in [1.165, 1.54) is 24.3 Å². The molecule has 0 spiro atoms. The van der Waals surface area contributed by atoms with Crippen LogP contribution in [0.2, 0.25) is 0 Å². The second-order valence-electron chi connectivity index (χ2n) is 5.34. The maximum Gasteiger partial charge on any atom is 0.255 e. The van der Waals surface area contributed by atoms with Gasteiger partial charge in [-0.25, -0.2) is 4.98 Å². The van der Waals surface area contributed by atoms with E-state index in [1.807, 2.05) is 32.5 Å². The van der Waals surface area contributed by atoms with E-state index < -0.39 is 0 Å². The molecule has 1 unspecified atom stereocenters. The number of hydrogen-bond acceptors (Lipinski definition) is 4. The largest absolute Gasteiger partial charge is 0.310 e. The van der Waals surface area contributed by atoms with E-state index in [0.717, 1.165) is 23.7 Å². The van der Waals surface area contributed by atoms with Crippen LogP contribution < -0.4 is 10.9 Å². The fourth-order valence-corrected chi connectivity index (χ4v) is 3.85. The first kappa shape index (κ1) is 14.6. The van der Waals surface area contributed by atoms with Crippen molar-refractivity contribution in [3.8, 4) is 0 Å². The molecule has 19 heavy (non-hydrogen) atoms. The lowest BCUT2D eigenvalue weighted by Gasteiger charge is -2.24. The summed E-state index contributed by atoms with van der Waals surface area (Å²) >= 11 is 2.04. The number of nitrogens with one attached hydrogen (secondary N) is 2. The molecule has 1 aliphatic rings. The number of aromatic amines is 1. The Hall–Kier alpha value is -0.810. The van der Waals surface area contributed by atoms with E-state index in [1.54, 1.807) is 0 Å². The van der Waals surface area contributed by atoms with Gasteiger partial charge in [0.05, 0.1) is 5.56 Å². The number of hydrogen-bond donors (Lipinski definition) is 2. The molecule has 5 heteroatoms. The molecule has 0 aromatic carbocycles. The molecule has 1 aliphatic heterocycles. The van der Waals surface area contributed by atoms with Gasteiger partial charge in [0.1, 0.15) is 5.82 Å². The number of H-pyrrole nitrogens is 1. The van der Waals surface area contributed by atoms with Crippen LogP contribution in [0.4, 0.5) is 0 Å². The Balaban J connectivity index is 1.99. The Bertz CT molecular complexity index is 480. The molecule has 0 saturated carbocycles. The van der Waals surface area contributed by atoms with E-state index in [4.69, 9.17) is 0 Å². The lowest BCUT2D eigenvalue weighted by molar-refractivity contribution is 0.418. The van der Waals surface area contributed by atoms with Crippen LogP contribution in [0.25, 0.3) is 0 Å². The lowest BCUT2D eigenvalue weighted by Crippen LogP contribution is -2.32. The van der Waals surface area contributed by atoms with Gasteiger partial charge in [-0.15, -0.1) is 0 Å². The molecule has 2 rings (SSSR count). The van der Waals surface area contributed by atoms with Crippen molar-refractivity contribution >= 4 is 11.8 Å². The van der Waals surface area contributed by atoms with Gasteiger partial charge in [-0.2, -0.15) is 11.8 Å². The first-order chi connectivity index (χ1) is 9.08. The summed E-state index contributed by atoms with van der Waals surface area (Å²) in [5, 5.41) is 3.50. The van der Waals surface area contributed by atoms with Gasteiger partial charge in [-0.05, 0) is 57.6 Å². The van der Waals surface area contributed by atoms with Crippen molar-refractivity contribution in [3.63, 3.8) is 0 Å². The molecule has 1 aromatic rings. The van der Waals surface area contributed by atoms with Gasteiger partial charge in [-0.3, -0.25) is 4.79 Å². The fourth-order valence-electron chi connectivity index (χ4n) is 2.64. The van der Waals surface area contributed by atoms with Crippen LogP contribution >= 0.6 is 11.8 Å². The number of aryl methyl sites for hydroxylation is 2. The summed E-state index contributed by atoms with van der Waals surface area (Å²) in [7, 11) is 0. The average Bonchev–Trinajstić information content (AvgIpc) is 2.36. The average molecular weight is 281 g/mol. The molecular weight excluding hydrogens is 258 g/mol. The van der Waals surface area contributed by atoms with Crippen LogP contribution in [-0.4, -0.2) is 28.0 Å². The summed E-state index contributed by atoms with van der Waals surface area (Å²) in [5.41, 5.74) is 1.60. The third kappa shape index (κ3) is 3.83. The van der Waals surface area contributed by atoms with Crippen molar-refractivity contribution in [2.75, 3.05) is 18.1 Å². The van der Waals surface area contributed by atoms with Crippen molar-refractivity contribution in [1.82, 2.24) is 15.3 Å². The van der Waals surface area contributed by atoms with Crippen LogP contribution in [0.15, 0.2) is 4.79 Å². The number of nitrogens with zero attached hydrogens (tertiary/aromatic N) is 1. The second kappa shape index (κ2) is 6.57. The predicted octanol–water partition coefficient (Wildman–Crippen LogP) is 2.18. The first-order valence-corrected chi connectivity index (χ1v) is 8.12. The number of thioether (sulfide) groups is 1. The standard InChI is InChI=1S/C14H23N3OS/c1-9(15-8-12-4-6-19-7-5-12)13-10(2)16-11(3)17-14(13)18/h9,12,15H,4-8H2,1-3H3,(H,16,17,18). The second-order valence-corrected chi connectivity index (χ2v) is 6.56. The van der Waals surface area contributed by atoms with E-state index in [0.29, 0.717) is 5.82 Å². The van der Waals surface area contributed by atoms with E-state index in [9.17, 15) is 4.79 Å². The highest BCUT2D eigenvalue weighted by molar-refractivity contribution is 7.99. The zero-order valence-corrected chi connectivity index (χ0v) is 12.8. The minimum absolute atomic E-state index is 0.0100. The van der Waals surface area contributed by atoms with Gasteiger partial charge in [0.15, 0.2) is 0 Å². The topological polar surface area (TPSA) is 57.8 Å². The molecule has 1 aromatic heterocycles. The monoisotopic (exact) mass is 281 g/mol. The molecule has 1 fully saturated rings. The fraction of sp³-hybridized carbons (Fsp3) is 0.714. The summed E-state index contributed by atoms with van der Waals surface area (Å²) in [5.74, 6) is 3.98. The molecule has 0 bridgehead atoms. The van der Waals surface area contributed by atoms with Crippen LogP contribution in [0, 0.1) is 19.8 Å². The zero-order valence-electron chi connectivity index (χ0n) is 12.0. The number of aromatic nitrogens is 2. The minimum atomic E-state index is -0.0100. The molecule has 0 amide bonds. The summed E-state index contributed by atoms with van der Waals surface area (Å²) in [4.78, 5) is 19.2. The molecule has 2 N–H and O–H groups in total. The van der Waals surface area contributed by atoms with Crippen LogP contribution in [-0.2, 0) is 0 Å². The van der Waals surface area contributed by atoms with Crippen LogP contribution in [0.5, 0.6) is 0 Å². The Morgan fingerprint density at radius 3 is 2.74 bits per heavy atom. The Morgan fingerprint density at radius 1 is 1.42 bits per heavy atom. The Labute approximate surface area is 118 Å². The van der Waals surface area contributed by atoms with Gasteiger partial charge < -0.3 is 10.3 Å². The van der Waals surface area contributed by atoms with Crippen molar-refractivity contribution in [2.24, 2.45) is 5.92 Å². The third-order valence-corrected chi connectivity index (χ3v) is 4.80. The quantitative estimate of drug-likeness (QED) is 0.888. The molecular formula is C14H23N3OS. The minimum Gasteiger partial charge on any atom is -0.310 e. The van der Waals surface area contributed by atoms with Crippen molar-refractivity contribution in [2.45, 2.75) is 39.7 Å². The predicted molar refractivity (Wildman–Crippen MR) is 80.8 cm³/mol. The maximum atomic E-state index is 12.0. The summed E-state index contributed by atoms with van der Waals surface area (Å²) < 4.78 is 0. The van der Waals surface area contributed by atoms with Gasteiger partial charge in [-0.1, -0.05) is 0 Å². The number of rotatable bonds is 4. The molecule has 4 nitrogen and oxygen atoms in total. The highest BCUT2D eigenvalue weighted by atomic mass is 32.2. The van der Waals surface area contributed by atoms with Crippen molar-refractivity contribution in [3.05, 3.63) is 27.4 Å². The van der Waals surface area contributed by atoms with E-state index in [2.05, 4.69) is 15.3 Å². The molecule has 2 heterocycles.